The maximum Gasteiger partial charge on any atom is 0.189 e. The second kappa shape index (κ2) is 8.25. The van der Waals surface area contributed by atoms with Crippen molar-refractivity contribution in [2.45, 2.75) is 20.3 Å². The van der Waals surface area contributed by atoms with E-state index in [9.17, 15) is 20.1 Å². The number of aromatic hydroxyl groups is 3. The molecule has 3 N–H and O–H groups in total. The summed E-state index contributed by atoms with van der Waals surface area (Å²) in [4.78, 5) is 12.5. The van der Waals surface area contributed by atoms with Crippen LogP contribution in [0.3, 0.4) is 0 Å². The molecule has 5 heteroatoms. The Balaban J connectivity index is 2.33. The molecule has 0 amide bonds. The van der Waals surface area contributed by atoms with Crippen molar-refractivity contribution in [3.8, 4) is 23.0 Å². The molecule has 0 heterocycles. The van der Waals surface area contributed by atoms with Crippen molar-refractivity contribution in [2.24, 2.45) is 0 Å². The number of hydrogen-bond donors (Lipinski definition) is 3. The Hall–Kier alpha value is -3.21. The Labute approximate surface area is 152 Å². The third-order valence-corrected chi connectivity index (χ3v) is 3.87. The van der Waals surface area contributed by atoms with Gasteiger partial charge in [0, 0.05) is 17.2 Å². The van der Waals surface area contributed by atoms with Gasteiger partial charge in [0.25, 0.3) is 0 Å². The number of hydrogen-bond acceptors (Lipinski definition) is 5. The molecule has 2 aromatic rings. The fourth-order valence-electron chi connectivity index (χ4n) is 2.42. The largest absolute Gasteiger partial charge is 0.508 e. The number of benzene rings is 2. The van der Waals surface area contributed by atoms with Crippen LogP contribution in [0.2, 0.25) is 0 Å². The van der Waals surface area contributed by atoms with E-state index >= 15 is 0 Å². The van der Waals surface area contributed by atoms with Gasteiger partial charge in [-0.2, -0.15) is 0 Å². The van der Waals surface area contributed by atoms with E-state index in [1.807, 2.05) is 19.9 Å². The van der Waals surface area contributed by atoms with E-state index in [2.05, 4.69) is 0 Å². The molecule has 0 radical (unpaired) electrons. The Morgan fingerprint density at radius 1 is 1.12 bits per heavy atom. The molecule has 0 saturated carbocycles. The van der Waals surface area contributed by atoms with Gasteiger partial charge < -0.3 is 20.1 Å². The number of allylic oxidation sites excluding steroid dienone is 3. The Morgan fingerprint density at radius 3 is 2.50 bits per heavy atom. The van der Waals surface area contributed by atoms with E-state index < -0.39 is 5.78 Å². The van der Waals surface area contributed by atoms with Gasteiger partial charge in [-0.3, -0.25) is 4.79 Å². The van der Waals surface area contributed by atoms with Crippen molar-refractivity contribution in [3.05, 3.63) is 64.7 Å². The number of carbonyl (C=O) groups is 1. The topological polar surface area (TPSA) is 87.0 Å². The average molecular weight is 354 g/mol. The minimum atomic E-state index is -0.406. The first-order valence-electron chi connectivity index (χ1n) is 8.10. The summed E-state index contributed by atoms with van der Waals surface area (Å²) in [5.41, 5.74) is 2.07. The monoisotopic (exact) mass is 354 g/mol. The highest BCUT2D eigenvalue weighted by atomic mass is 16.5. The molecule has 5 nitrogen and oxygen atoms in total. The van der Waals surface area contributed by atoms with Gasteiger partial charge in [-0.05, 0) is 56.7 Å². The van der Waals surface area contributed by atoms with Crippen molar-refractivity contribution in [2.75, 3.05) is 7.11 Å². The van der Waals surface area contributed by atoms with Crippen LogP contribution in [-0.4, -0.2) is 28.2 Å². The average Bonchev–Trinajstić information content (AvgIpc) is 2.59. The number of phenolic OH excluding ortho intramolecular Hbond substituents is 3. The van der Waals surface area contributed by atoms with Crippen LogP contribution in [0.1, 0.15) is 35.3 Å². The number of ketones is 1. The lowest BCUT2D eigenvalue weighted by molar-refractivity contribution is 0.104. The van der Waals surface area contributed by atoms with Crippen LogP contribution in [0.15, 0.2) is 48.1 Å². The number of ether oxygens (including phenoxy) is 1. The smallest absolute Gasteiger partial charge is 0.189 e. The highest BCUT2D eigenvalue weighted by Crippen LogP contribution is 2.32. The Kier molecular flexibility index (Phi) is 6.07. The van der Waals surface area contributed by atoms with Gasteiger partial charge >= 0.3 is 0 Å². The molecule has 0 aliphatic carbocycles. The summed E-state index contributed by atoms with van der Waals surface area (Å²) in [6, 6.07) is 7.34. The maximum atomic E-state index is 12.5. The van der Waals surface area contributed by atoms with Gasteiger partial charge in [0.15, 0.2) is 5.78 Å². The quantitative estimate of drug-likeness (QED) is 0.411. The third-order valence-electron chi connectivity index (χ3n) is 3.87. The van der Waals surface area contributed by atoms with E-state index in [0.29, 0.717) is 23.3 Å². The zero-order valence-corrected chi connectivity index (χ0v) is 15.0. The van der Waals surface area contributed by atoms with Crippen molar-refractivity contribution in [1.29, 1.82) is 0 Å². The van der Waals surface area contributed by atoms with Gasteiger partial charge in [0.05, 0.1) is 12.7 Å². The summed E-state index contributed by atoms with van der Waals surface area (Å²) in [7, 11) is 1.47. The van der Waals surface area contributed by atoms with Crippen LogP contribution in [0.4, 0.5) is 0 Å². The summed E-state index contributed by atoms with van der Waals surface area (Å²) in [6.07, 6.45) is 5.05. The zero-order valence-electron chi connectivity index (χ0n) is 15.0. The SMILES string of the molecule is COc1cc(O)ccc1/C=C/C(=O)c1ccc(O)c(CC=C(C)C)c1O. The lowest BCUT2D eigenvalue weighted by Gasteiger charge is -2.09. The van der Waals surface area contributed by atoms with Crippen LogP contribution in [0.25, 0.3) is 6.08 Å². The summed E-state index contributed by atoms with van der Waals surface area (Å²) >= 11 is 0. The summed E-state index contributed by atoms with van der Waals surface area (Å²) < 4.78 is 5.17. The molecular weight excluding hydrogens is 332 g/mol. The Bertz CT molecular complexity index is 874. The van der Waals surface area contributed by atoms with Crippen LogP contribution in [0.5, 0.6) is 23.0 Å². The molecule has 2 aromatic carbocycles. The summed E-state index contributed by atoms with van der Waals surface area (Å²) in [6.45, 7) is 3.83. The predicted molar refractivity (Wildman–Crippen MR) is 101 cm³/mol. The van der Waals surface area contributed by atoms with E-state index in [4.69, 9.17) is 4.74 Å². The van der Waals surface area contributed by atoms with Gasteiger partial charge in [0.1, 0.15) is 23.0 Å². The van der Waals surface area contributed by atoms with Gasteiger partial charge in [-0.1, -0.05) is 11.6 Å². The van der Waals surface area contributed by atoms with Gasteiger partial charge in [-0.15, -0.1) is 0 Å². The molecule has 0 fully saturated rings. The van der Waals surface area contributed by atoms with Crippen LogP contribution in [-0.2, 0) is 6.42 Å². The van der Waals surface area contributed by atoms with E-state index in [1.165, 1.54) is 37.5 Å². The summed E-state index contributed by atoms with van der Waals surface area (Å²) in [5, 5.41) is 29.8. The van der Waals surface area contributed by atoms with Crippen LogP contribution in [0, 0.1) is 0 Å². The minimum Gasteiger partial charge on any atom is -0.508 e. The van der Waals surface area contributed by atoms with Crippen LogP contribution >= 0.6 is 0 Å². The second-order valence-corrected chi connectivity index (χ2v) is 6.07. The standard InChI is InChI=1S/C21H22O5/c1-13(2)4-8-16-19(24)11-9-17(21(16)25)18(23)10-6-14-5-7-15(22)12-20(14)26-3/h4-7,9-12,22,24-25H,8H2,1-3H3/b10-6+. The maximum absolute atomic E-state index is 12.5. The third kappa shape index (κ3) is 4.45. The molecule has 136 valence electrons. The molecule has 0 aliphatic rings. The lowest BCUT2D eigenvalue weighted by Crippen LogP contribution is -1.98. The fourth-order valence-corrected chi connectivity index (χ4v) is 2.42. The molecule has 0 aliphatic heterocycles. The molecule has 0 unspecified atom stereocenters. The predicted octanol–water partition coefficient (Wildman–Crippen LogP) is 4.22. The van der Waals surface area contributed by atoms with Crippen molar-refractivity contribution in [1.82, 2.24) is 0 Å². The molecule has 0 bridgehead atoms. The first-order valence-corrected chi connectivity index (χ1v) is 8.10. The Morgan fingerprint density at radius 2 is 1.85 bits per heavy atom. The molecule has 0 saturated heterocycles. The second-order valence-electron chi connectivity index (χ2n) is 6.07. The van der Waals surface area contributed by atoms with Gasteiger partial charge in [-0.25, -0.2) is 0 Å². The number of carbonyl (C=O) groups excluding carboxylic acids is 1. The lowest BCUT2D eigenvalue weighted by atomic mass is 10.0. The highest BCUT2D eigenvalue weighted by Gasteiger charge is 2.15. The first kappa shape index (κ1) is 19.1. The fraction of sp³-hybridized carbons (Fsp3) is 0.190. The molecule has 2 rings (SSSR count). The van der Waals surface area contributed by atoms with E-state index in [0.717, 1.165) is 5.57 Å². The van der Waals surface area contributed by atoms with Gasteiger partial charge in [0.2, 0.25) is 0 Å². The first-order chi connectivity index (χ1) is 12.3. The molecule has 0 spiro atoms. The van der Waals surface area contributed by atoms with Crippen molar-refractivity contribution < 1.29 is 24.9 Å². The molecule has 26 heavy (non-hydrogen) atoms. The van der Waals surface area contributed by atoms with E-state index in [-0.39, 0.29) is 22.8 Å². The van der Waals surface area contributed by atoms with E-state index in [1.54, 1.807) is 12.1 Å². The molecular formula is C21H22O5. The number of methoxy groups -OCH3 is 1. The van der Waals surface area contributed by atoms with Crippen molar-refractivity contribution >= 4 is 11.9 Å². The molecule has 0 aromatic heterocycles. The number of rotatable bonds is 6. The number of phenols is 3. The minimum absolute atomic E-state index is 0.0549. The van der Waals surface area contributed by atoms with Crippen LogP contribution < -0.4 is 4.74 Å². The normalized spacial score (nSPS) is 10.7. The zero-order chi connectivity index (χ0) is 19.3. The summed E-state index contributed by atoms with van der Waals surface area (Å²) in [5.74, 6) is -0.203. The molecule has 0 atom stereocenters. The van der Waals surface area contributed by atoms with Crippen molar-refractivity contribution in [3.63, 3.8) is 0 Å². The highest BCUT2D eigenvalue weighted by molar-refractivity contribution is 6.09.